The predicted molar refractivity (Wildman–Crippen MR) is 211 cm³/mol. The highest BCUT2D eigenvalue weighted by Crippen LogP contribution is 2.43. The summed E-state index contributed by atoms with van der Waals surface area (Å²) >= 11 is 0. The van der Waals surface area contributed by atoms with Gasteiger partial charge in [0.2, 0.25) is 0 Å². The Morgan fingerprint density at radius 3 is 1.40 bits per heavy atom. The summed E-state index contributed by atoms with van der Waals surface area (Å²) in [4.78, 5) is 0. The second kappa shape index (κ2) is 10.0. The lowest BCUT2D eigenvalue weighted by atomic mass is 9.34. The molecule has 0 amide bonds. The molecule has 0 atom stereocenters. The first kappa shape index (κ1) is 29.4. The zero-order valence-corrected chi connectivity index (χ0v) is 29.4. The molecule has 2 aliphatic rings. The van der Waals surface area contributed by atoms with Crippen LogP contribution in [0, 0.1) is 0 Å². The van der Waals surface area contributed by atoms with Crippen LogP contribution in [0.5, 0.6) is 23.0 Å². The van der Waals surface area contributed by atoms with E-state index in [2.05, 4.69) is 167 Å². The Morgan fingerprint density at radius 1 is 0.480 bits per heavy atom. The molecule has 0 N–H and O–H groups in total. The van der Waals surface area contributed by atoms with E-state index < -0.39 is 0 Å². The summed E-state index contributed by atoms with van der Waals surface area (Å²) in [5.41, 5.74) is 9.45. The summed E-state index contributed by atoms with van der Waals surface area (Å²) in [6.45, 7) is 13.7. The van der Waals surface area contributed by atoms with E-state index in [-0.39, 0.29) is 17.5 Å². The normalized spacial score (nSPS) is 13.7. The summed E-state index contributed by atoms with van der Waals surface area (Å²) in [5, 5.41) is 7.51. The predicted octanol–water partition coefficient (Wildman–Crippen LogP) is 10.4. The molecule has 0 radical (unpaired) electrons. The smallest absolute Gasteiger partial charge is 0.260 e. The van der Waals surface area contributed by atoms with Crippen molar-refractivity contribution in [2.45, 2.75) is 52.4 Å². The zero-order valence-electron chi connectivity index (χ0n) is 29.4. The van der Waals surface area contributed by atoms with Crippen LogP contribution >= 0.6 is 0 Å². The van der Waals surface area contributed by atoms with Crippen LogP contribution in [0.4, 0.5) is 0 Å². The van der Waals surface area contributed by atoms with E-state index in [0.29, 0.717) is 0 Å². The summed E-state index contributed by atoms with van der Waals surface area (Å²) in [7, 11) is 0. The third kappa shape index (κ3) is 4.18. The van der Waals surface area contributed by atoms with Crippen molar-refractivity contribution in [1.29, 1.82) is 0 Å². The molecule has 0 bridgehead atoms. The maximum atomic E-state index is 6.91. The van der Waals surface area contributed by atoms with Crippen LogP contribution in [0.3, 0.4) is 0 Å². The van der Waals surface area contributed by atoms with E-state index in [0.717, 1.165) is 45.2 Å². The lowest BCUT2D eigenvalue weighted by Crippen LogP contribution is -2.57. The van der Waals surface area contributed by atoms with Crippen LogP contribution in [0.25, 0.3) is 49.0 Å². The minimum Gasteiger partial charge on any atom is -0.458 e. The number of fused-ring (bicyclic) bond motifs is 11. The van der Waals surface area contributed by atoms with Gasteiger partial charge in [0.25, 0.3) is 6.71 Å². The largest absolute Gasteiger partial charge is 0.458 e. The maximum Gasteiger partial charge on any atom is 0.260 e. The van der Waals surface area contributed by atoms with E-state index in [4.69, 9.17) is 9.47 Å². The summed E-state index contributed by atoms with van der Waals surface area (Å²) in [6, 6.07) is 44.5. The fourth-order valence-corrected chi connectivity index (χ4v) is 8.38. The van der Waals surface area contributed by atoms with Crippen LogP contribution in [0.1, 0.15) is 52.7 Å². The Morgan fingerprint density at radius 2 is 0.940 bits per heavy atom. The number of nitrogens with zero attached hydrogens (tertiary/aromatic N) is 1. The molecule has 0 saturated carbocycles. The van der Waals surface area contributed by atoms with Crippen LogP contribution in [-0.4, -0.2) is 11.3 Å². The standard InChI is InChI=1S/C46H38BNO2/c1-45(2,3)29-17-21-38-34(23-29)47-35-24-30(46(4,5)6)18-22-39(35)50-41-26-31(25-40(49-38)44(41)47)48-36-19-15-27-11-7-9-13-32(27)42(36)43-33-14-10-8-12-28(33)16-20-37(43)48/h7-26H,1-6H3. The van der Waals surface area contributed by atoms with E-state index in [9.17, 15) is 0 Å². The van der Waals surface area contributed by atoms with Gasteiger partial charge in [0.15, 0.2) is 0 Å². The van der Waals surface area contributed by atoms with Crippen molar-refractivity contribution >= 4 is 66.5 Å². The number of rotatable bonds is 1. The molecule has 10 rings (SSSR count). The van der Waals surface area contributed by atoms with Gasteiger partial charge in [-0.25, -0.2) is 0 Å². The molecule has 7 aromatic carbocycles. The Hall–Kier alpha value is -5.48. The monoisotopic (exact) mass is 647 g/mol. The SMILES string of the molecule is CC(C)(C)c1ccc2c(c1)B1c3cc(C(C)(C)C)ccc3Oc3cc(-n4c5ccc6ccccc6c5c5c6ccccc6ccc54)cc(c31)O2. The molecule has 3 heterocycles. The second-order valence-electron chi connectivity index (χ2n) is 16.2. The van der Waals surface area contributed by atoms with Crippen molar-refractivity contribution in [1.82, 2.24) is 4.57 Å². The van der Waals surface area contributed by atoms with Gasteiger partial charge in [-0.3, -0.25) is 0 Å². The molecule has 4 heteroatoms. The molecule has 0 unspecified atom stereocenters. The van der Waals surface area contributed by atoms with Gasteiger partial charge in [-0.1, -0.05) is 126 Å². The van der Waals surface area contributed by atoms with Gasteiger partial charge in [0, 0.05) is 28.4 Å². The molecule has 2 aliphatic heterocycles. The Balaban J connectivity index is 1.27. The van der Waals surface area contributed by atoms with Crippen molar-refractivity contribution in [2.24, 2.45) is 0 Å². The van der Waals surface area contributed by atoms with Crippen LogP contribution in [0.2, 0.25) is 0 Å². The maximum absolute atomic E-state index is 6.91. The molecular weight excluding hydrogens is 609 g/mol. The number of ether oxygens (including phenoxy) is 2. The molecule has 0 saturated heterocycles. The number of hydrogen-bond donors (Lipinski definition) is 0. The van der Waals surface area contributed by atoms with Crippen LogP contribution in [0.15, 0.2) is 121 Å². The van der Waals surface area contributed by atoms with Crippen molar-refractivity contribution in [3.63, 3.8) is 0 Å². The average molecular weight is 648 g/mol. The number of hydrogen-bond acceptors (Lipinski definition) is 2. The molecule has 3 nitrogen and oxygen atoms in total. The molecular formula is C46H38BNO2. The highest BCUT2D eigenvalue weighted by atomic mass is 16.5. The van der Waals surface area contributed by atoms with E-state index >= 15 is 0 Å². The fraction of sp³-hybridized carbons (Fsp3) is 0.174. The molecule has 50 heavy (non-hydrogen) atoms. The van der Waals surface area contributed by atoms with E-state index in [1.54, 1.807) is 0 Å². The first-order valence-electron chi connectivity index (χ1n) is 17.7. The first-order chi connectivity index (χ1) is 24.0. The van der Waals surface area contributed by atoms with Crippen molar-refractivity contribution < 1.29 is 9.47 Å². The van der Waals surface area contributed by atoms with Crippen LogP contribution in [-0.2, 0) is 10.8 Å². The number of aromatic nitrogens is 1. The fourth-order valence-electron chi connectivity index (χ4n) is 8.38. The summed E-state index contributed by atoms with van der Waals surface area (Å²) in [5.74, 6) is 3.52. The Bertz CT molecular complexity index is 2560. The van der Waals surface area contributed by atoms with Gasteiger partial charge in [0.05, 0.1) is 16.7 Å². The quantitative estimate of drug-likeness (QED) is 0.166. The third-order valence-corrected chi connectivity index (χ3v) is 11.0. The molecule has 0 spiro atoms. The summed E-state index contributed by atoms with van der Waals surface area (Å²) < 4.78 is 16.2. The van der Waals surface area contributed by atoms with Gasteiger partial charge in [0.1, 0.15) is 23.0 Å². The van der Waals surface area contributed by atoms with Crippen molar-refractivity contribution in [2.75, 3.05) is 0 Å². The number of benzene rings is 7. The van der Waals surface area contributed by atoms with Gasteiger partial charge >= 0.3 is 0 Å². The minimum atomic E-state index is -0.00260. The molecule has 1 aromatic heterocycles. The highest BCUT2D eigenvalue weighted by Gasteiger charge is 2.41. The van der Waals surface area contributed by atoms with E-state index in [1.165, 1.54) is 54.4 Å². The molecule has 8 aromatic rings. The molecule has 242 valence electrons. The lowest BCUT2D eigenvalue weighted by molar-refractivity contribution is 0.463. The van der Waals surface area contributed by atoms with E-state index in [1.807, 2.05) is 0 Å². The second-order valence-corrected chi connectivity index (χ2v) is 16.2. The topological polar surface area (TPSA) is 23.4 Å². The van der Waals surface area contributed by atoms with Gasteiger partial charge in [-0.05, 0) is 78.7 Å². The molecule has 0 fully saturated rings. The van der Waals surface area contributed by atoms with Gasteiger partial charge in [-0.2, -0.15) is 0 Å². The summed E-state index contributed by atoms with van der Waals surface area (Å²) in [6.07, 6.45) is 0. The van der Waals surface area contributed by atoms with Crippen molar-refractivity contribution in [3.8, 4) is 28.7 Å². The minimum absolute atomic E-state index is 0.00260. The average Bonchev–Trinajstić information content (AvgIpc) is 3.45. The van der Waals surface area contributed by atoms with Crippen molar-refractivity contribution in [3.05, 3.63) is 132 Å². The Labute approximate surface area is 293 Å². The highest BCUT2D eigenvalue weighted by molar-refractivity contribution is 6.98. The molecule has 0 aliphatic carbocycles. The van der Waals surface area contributed by atoms with Gasteiger partial charge in [-0.15, -0.1) is 0 Å². The third-order valence-electron chi connectivity index (χ3n) is 11.0. The zero-order chi connectivity index (χ0) is 34.1. The lowest BCUT2D eigenvalue weighted by Gasteiger charge is -2.35. The van der Waals surface area contributed by atoms with Crippen LogP contribution < -0.4 is 25.9 Å². The Kier molecular flexibility index (Phi) is 5.91. The van der Waals surface area contributed by atoms with Gasteiger partial charge < -0.3 is 14.0 Å². The first-order valence-corrected chi connectivity index (χ1v) is 17.7.